The number of nitrogens with zero attached hydrogens (tertiary/aromatic N) is 4. The summed E-state index contributed by atoms with van der Waals surface area (Å²) in [7, 11) is 1.88. The molecule has 1 unspecified atom stereocenters. The van der Waals surface area contributed by atoms with E-state index in [9.17, 15) is 4.79 Å². The van der Waals surface area contributed by atoms with E-state index in [0.717, 1.165) is 43.4 Å². The van der Waals surface area contributed by atoms with Crippen LogP contribution in [0.3, 0.4) is 0 Å². The van der Waals surface area contributed by atoms with E-state index in [-0.39, 0.29) is 17.8 Å². The normalized spacial score (nSPS) is 14.8. The summed E-state index contributed by atoms with van der Waals surface area (Å²) < 4.78 is 13.2. The molecule has 0 spiro atoms. The number of hydrogen-bond donors (Lipinski definition) is 1. The maximum Gasteiger partial charge on any atom is 0.234 e. The molecule has 0 saturated carbocycles. The van der Waals surface area contributed by atoms with Crippen LogP contribution >= 0.6 is 11.8 Å². The largest absolute Gasteiger partial charge is 0.483 e. The minimum atomic E-state index is -0.261. The van der Waals surface area contributed by atoms with Crippen molar-refractivity contribution in [3.05, 3.63) is 60.4 Å². The standard InChI is InChI=1S/C23H27N5O3S/c1-17(31-20-6-4-3-5-7-20)22-25-26-23(27(22)2)32-16-21(29)24-18-8-10-19(11-9-18)28-12-14-30-15-13-28/h3-11,17H,12-16H2,1-2H3,(H,24,29). The Morgan fingerprint density at radius 2 is 1.84 bits per heavy atom. The molecule has 1 aliphatic heterocycles. The fourth-order valence-electron chi connectivity index (χ4n) is 3.47. The average Bonchev–Trinajstić information content (AvgIpc) is 3.20. The summed E-state index contributed by atoms with van der Waals surface area (Å²) in [6, 6.07) is 17.5. The topological polar surface area (TPSA) is 81.5 Å². The van der Waals surface area contributed by atoms with Crippen LogP contribution in [-0.2, 0) is 16.6 Å². The molecule has 2 heterocycles. The lowest BCUT2D eigenvalue weighted by molar-refractivity contribution is -0.113. The van der Waals surface area contributed by atoms with Gasteiger partial charge in [-0.25, -0.2) is 0 Å². The van der Waals surface area contributed by atoms with Crippen molar-refractivity contribution < 1.29 is 14.3 Å². The van der Waals surface area contributed by atoms with Gasteiger partial charge in [-0.1, -0.05) is 30.0 Å². The van der Waals surface area contributed by atoms with E-state index < -0.39 is 0 Å². The highest BCUT2D eigenvalue weighted by Crippen LogP contribution is 2.24. The Balaban J connectivity index is 1.28. The molecule has 0 bridgehead atoms. The molecule has 32 heavy (non-hydrogen) atoms. The zero-order valence-electron chi connectivity index (χ0n) is 18.2. The van der Waals surface area contributed by atoms with Gasteiger partial charge in [0.25, 0.3) is 0 Å². The lowest BCUT2D eigenvalue weighted by Gasteiger charge is -2.28. The van der Waals surface area contributed by atoms with Gasteiger partial charge in [0.1, 0.15) is 5.75 Å². The van der Waals surface area contributed by atoms with Crippen molar-refractivity contribution in [2.24, 2.45) is 7.05 Å². The van der Waals surface area contributed by atoms with Crippen molar-refractivity contribution in [3.8, 4) is 5.75 Å². The van der Waals surface area contributed by atoms with Crippen molar-refractivity contribution in [2.45, 2.75) is 18.2 Å². The summed E-state index contributed by atoms with van der Waals surface area (Å²) >= 11 is 1.34. The van der Waals surface area contributed by atoms with Crippen LogP contribution in [-0.4, -0.2) is 52.7 Å². The zero-order chi connectivity index (χ0) is 22.3. The number of anilines is 2. The van der Waals surface area contributed by atoms with E-state index in [0.29, 0.717) is 11.0 Å². The molecule has 4 rings (SSSR count). The van der Waals surface area contributed by atoms with Gasteiger partial charge in [0.15, 0.2) is 17.1 Å². The molecule has 9 heteroatoms. The summed E-state index contributed by atoms with van der Waals surface area (Å²) in [5.41, 5.74) is 1.91. The molecular formula is C23H27N5O3S. The van der Waals surface area contributed by atoms with E-state index in [1.54, 1.807) is 0 Å². The Kier molecular flexibility index (Phi) is 7.28. The van der Waals surface area contributed by atoms with E-state index in [1.165, 1.54) is 11.8 Å². The van der Waals surface area contributed by atoms with Crippen LogP contribution in [0.25, 0.3) is 0 Å². The second-order valence-electron chi connectivity index (χ2n) is 7.46. The zero-order valence-corrected chi connectivity index (χ0v) is 19.0. The van der Waals surface area contributed by atoms with Crippen LogP contribution in [0.4, 0.5) is 11.4 Å². The summed E-state index contributed by atoms with van der Waals surface area (Å²) in [6.07, 6.45) is -0.261. The molecule has 1 aromatic heterocycles. The van der Waals surface area contributed by atoms with Crippen LogP contribution in [0.2, 0.25) is 0 Å². The van der Waals surface area contributed by atoms with E-state index in [1.807, 2.05) is 73.1 Å². The van der Waals surface area contributed by atoms with Gasteiger partial charge in [-0.05, 0) is 43.3 Å². The lowest BCUT2D eigenvalue weighted by atomic mass is 10.2. The fourth-order valence-corrected chi connectivity index (χ4v) is 4.18. The summed E-state index contributed by atoms with van der Waals surface area (Å²) in [4.78, 5) is 14.7. The number of ether oxygens (including phenoxy) is 2. The molecule has 1 amide bonds. The van der Waals surface area contributed by atoms with Gasteiger partial charge in [-0.2, -0.15) is 0 Å². The van der Waals surface area contributed by atoms with Crippen molar-refractivity contribution in [2.75, 3.05) is 42.3 Å². The van der Waals surface area contributed by atoms with Gasteiger partial charge in [0.2, 0.25) is 5.91 Å². The second-order valence-corrected chi connectivity index (χ2v) is 8.40. The van der Waals surface area contributed by atoms with Gasteiger partial charge >= 0.3 is 0 Å². The van der Waals surface area contributed by atoms with Gasteiger partial charge < -0.3 is 24.3 Å². The molecule has 1 N–H and O–H groups in total. The molecule has 2 aromatic carbocycles. The first kappa shape index (κ1) is 22.2. The van der Waals surface area contributed by atoms with Crippen LogP contribution in [0.5, 0.6) is 5.75 Å². The molecule has 168 valence electrons. The highest BCUT2D eigenvalue weighted by atomic mass is 32.2. The van der Waals surface area contributed by atoms with E-state index >= 15 is 0 Å². The predicted octanol–water partition coefficient (Wildman–Crippen LogP) is 3.52. The number of carbonyl (C=O) groups is 1. The Labute approximate surface area is 191 Å². The molecule has 3 aromatic rings. The maximum atomic E-state index is 12.4. The summed E-state index contributed by atoms with van der Waals surface area (Å²) in [6.45, 7) is 5.19. The minimum Gasteiger partial charge on any atom is -0.483 e. The predicted molar refractivity (Wildman–Crippen MR) is 125 cm³/mol. The second kappa shape index (κ2) is 10.5. The first-order valence-electron chi connectivity index (χ1n) is 10.6. The van der Waals surface area contributed by atoms with Crippen molar-refractivity contribution in [3.63, 3.8) is 0 Å². The quantitative estimate of drug-likeness (QED) is 0.523. The van der Waals surface area contributed by atoms with Crippen molar-refractivity contribution in [1.29, 1.82) is 0 Å². The smallest absolute Gasteiger partial charge is 0.234 e. The Bertz CT molecular complexity index is 1020. The lowest BCUT2D eigenvalue weighted by Crippen LogP contribution is -2.36. The van der Waals surface area contributed by atoms with Crippen LogP contribution < -0.4 is 15.0 Å². The molecule has 8 nitrogen and oxygen atoms in total. The number of rotatable bonds is 8. The maximum absolute atomic E-state index is 12.4. The summed E-state index contributed by atoms with van der Waals surface area (Å²) in [5.74, 6) is 1.63. The van der Waals surface area contributed by atoms with Gasteiger partial charge in [0.05, 0.1) is 19.0 Å². The van der Waals surface area contributed by atoms with Gasteiger partial charge in [-0.15, -0.1) is 10.2 Å². The van der Waals surface area contributed by atoms with E-state index in [2.05, 4.69) is 20.4 Å². The molecular weight excluding hydrogens is 426 g/mol. The Morgan fingerprint density at radius 1 is 1.12 bits per heavy atom. The number of para-hydroxylation sites is 1. The highest BCUT2D eigenvalue weighted by molar-refractivity contribution is 7.99. The molecule has 0 radical (unpaired) electrons. The summed E-state index contributed by atoms with van der Waals surface area (Å²) in [5, 5.41) is 12.1. The number of benzene rings is 2. The number of amides is 1. The minimum absolute atomic E-state index is 0.0905. The SMILES string of the molecule is CC(Oc1ccccc1)c1nnc(SCC(=O)Nc2ccc(N3CCOCC3)cc2)n1C. The van der Waals surface area contributed by atoms with Gasteiger partial charge in [-0.3, -0.25) is 4.79 Å². The number of morpholine rings is 1. The molecule has 1 atom stereocenters. The fraction of sp³-hybridized carbons (Fsp3) is 0.348. The number of nitrogens with one attached hydrogen (secondary N) is 1. The van der Waals surface area contributed by atoms with Crippen LogP contribution in [0, 0.1) is 0 Å². The molecule has 1 fully saturated rings. The third-order valence-electron chi connectivity index (χ3n) is 5.15. The third kappa shape index (κ3) is 5.60. The molecule has 1 aliphatic rings. The number of carbonyl (C=O) groups excluding carboxylic acids is 1. The molecule has 0 aliphatic carbocycles. The molecule has 1 saturated heterocycles. The van der Waals surface area contributed by atoms with Crippen molar-refractivity contribution >= 4 is 29.0 Å². The van der Waals surface area contributed by atoms with Crippen molar-refractivity contribution in [1.82, 2.24) is 14.8 Å². The first-order valence-corrected chi connectivity index (χ1v) is 11.5. The highest BCUT2D eigenvalue weighted by Gasteiger charge is 2.18. The van der Waals surface area contributed by atoms with Gasteiger partial charge in [0, 0.05) is 31.5 Å². The van der Waals surface area contributed by atoms with Crippen LogP contribution in [0.15, 0.2) is 59.8 Å². The number of aromatic nitrogens is 3. The Morgan fingerprint density at radius 3 is 2.56 bits per heavy atom. The number of thioether (sulfide) groups is 1. The average molecular weight is 454 g/mol. The number of hydrogen-bond acceptors (Lipinski definition) is 7. The monoisotopic (exact) mass is 453 g/mol. The first-order chi connectivity index (χ1) is 15.6. The Hall–Kier alpha value is -3.04. The third-order valence-corrected chi connectivity index (χ3v) is 6.17. The van der Waals surface area contributed by atoms with E-state index in [4.69, 9.17) is 9.47 Å². The van der Waals surface area contributed by atoms with Crippen LogP contribution in [0.1, 0.15) is 18.9 Å².